The first-order valence-electron chi connectivity index (χ1n) is 8.24. The number of rotatable bonds is 3. The number of hydrogen-bond acceptors (Lipinski definition) is 4. The van der Waals surface area contributed by atoms with E-state index < -0.39 is 6.29 Å². The van der Waals surface area contributed by atoms with Gasteiger partial charge in [-0.25, -0.2) is 4.98 Å². The number of aromatic nitrogens is 1. The van der Waals surface area contributed by atoms with Crippen LogP contribution in [0.15, 0.2) is 54.7 Å². The highest BCUT2D eigenvalue weighted by molar-refractivity contribution is 6.33. The number of alkyl halides is 2. The smallest absolute Gasteiger partial charge is 0.395 e. The summed E-state index contributed by atoms with van der Waals surface area (Å²) in [4.78, 5) is 16.4. The number of amides is 1. The molecule has 0 atom stereocenters. The number of benzene rings is 2. The van der Waals surface area contributed by atoms with Gasteiger partial charge in [0.2, 0.25) is 0 Å². The van der Waals surface area contributed by atoms with Crippen molar-refractivity contribution < 1.29 is 23.0 Å². The Kier molecular flexibility index (Phi) is 4.39. The monoisotopic (exact) mass is 402 g/mol. The Balaban J connectivity index is 1.54. The zero-order chi connectivity index (χ0) is 19.9. The van der Waals surface area contributed by atoms with E-state index in [0.717, 1.165) is 5.56 Å². The van der Waals surface area contributed by atoms with Gasteiger partial charge in [0.1, 0.15) is 5.82 Å². The molecule has 0 saturated carbocycles. The Morgan fingerprint density at radius 2 is 1.75 bits per heavy atom. The Morgan fingerprint density at radius 3 is 2.39 bits per heavy atom. The number of fused-ring (bicyclic) bond motifs is 1. The number of ether oxygens (including phenoxy) is 2. The topological polar surface area (TPSA) is 60.5 Å². The molecule has 0 fully saturated rings. The minimum atomic E-state index is -3.72. The zero-order valence-electron chi connectivity index (χ0n) is 14.5. The van der Waals surface area contributed by atoms with Gasteiger partial charge in [-0.15, -0.1) is 8.78 Å². The number of carbonyl (C=O) groups is 1. The summed E-state index contributed by atoms with van der Waals surface area (Å²) in [5, 5.41) is 2.90. The summed E-state index contributed by atoms with van der Waals surface area (Å²) < 4.78 is 35.2. The molecule has 28 heavy (non-hydrogen) atoms. The van der Waals surface area contributed by atoms with Gasteiger partial charge in [0.25, 0.3) is 5.91 Å². The maximum absolute atomic E-state index is 13.2. The molecule has 1 amide bonds. The van der Waals surface area contributed by atoms with E-state index in [0.29, 0.717) is 22.5 Å². The predicted molar refractivity (Wildman–Crippen MR) is 100 cm³/mol. The molecule has 0 spiro atoms. The summed E-state index contributed by atoms with van der Waals surface area (Å²) in [6.45, 7) is 1.93. The van der Waals surface area contributed by atoms with E-state index in [1.165, 1.54) is 18.3 Å². The van der Waals surface area contributed by atoms with Crippen LogP contribution in [0.25, 0.3) is 11.1 Å². The van der Waals surface area contributed by atoms with E-state index in [1.54, 1.807) is 24.3 Å². The molecular formula is C20H13ClF2N2O3. The minimum absolute atomic E-state index is 0.110. The fraction of sp³-hybridized carbons (Fsp3) is 0.100. The molecule has 0 aliphatic carbocycles. The summed E-state index contributed by atoms with van der Waals surface area (Å²) in [5.74, 6) is -0.184. The molecule has 0 radical (unpaired) electrons. The summed E-state index contributed by atoms with van der Waals surface area (Å²) in [7, 11) is 0. The molecule has 3 aromatic rings. The van der Waals surface area contributed by atoms with Crippen molar-refractivity contribution in [2.45, 2.75) is 13.2 Å². The van der Waals surface area contributed by atoms with Crippen LogP contribution in [0.1, 0.15) is 15.9 Å². The molecule has 142 valence electrons. The molecule has 4 rings (SSSR count). The molecule has 8 heteroatoms. The number of halogens is 3. The minimum Gasteiger partial charge on any atom is -0.395 e. The SMILES string of the molecule is Cc1ccc(C(=O)Nc2ccc(-c3cc4c(cc3Cl)OC(F)(F)O4)cn2)cc1. The van der Waals surface area contributed by atoms with Crippen LogP contribution in [0.5, 0.6) is 11.5 Å². The normalized spacial score (nSPS) is 14.0. The molecule has 0 bridgehead atoms. The van der Waals surface area contributed by atoms with E-state index in [2.05, 4.69) is 19.8 Å². The Bertz CT molecular complexity index is 1050. The summed E-state index contributed by atoms with van der Waals surface area (Å²) in [6, 6.07) is 13.0. The Hall–Kier alpha value is -3.19. The average molecular weight is 403 g/mol. The first-order valence-corrected chi connectivity index (χ1v) is 8.62. The van der Waals surface area contributed by atoms with Gasteiger partial charge in [-0.3, -0.25) is 4.79 Å². The molecule has 0 unspecified atom stereocenters. The van der Waals surface area contributed by atoms with E-state index in [1.807, 2.05) is 19.1 Å². The second-order valence-corrected chi connectivity index (χ2v) is 6.61. The van der Waals surface area contributed by atoms with Crippen molar-refractivity contribution in [1.29, 1.82) is 0 Å². The third kappa shape index (κ3) is 3.61. The van der Waals surface area contributed by atoms with Crippen LogP contribution < -0.4 is 14.8 Å². The molecule has 5 nitrogen and oxygen atoms in total. The molecule has 1 aliphatic heterocycles. The fourth-order valence-electron chi connectivity index (χ4n) is 2.71. The van der Waals surface area contributed by atoms with E-state index in [9.17, 15) is 13.6 Å². The van der Waals surface area contributed by atoms with Gasteiger partial charge in [-0.05, 0) is 37.3 Å². The summed E-state index contributed by atoms with van der Waals surface area (Å²) >= 11 is 6.17. The van der Waals surface area contributed by atoms with Gasteiger partial charge in [0.15, 0.2) is 11.5 Å². The number of anilines is 1. The third-order valence-electron chi connectivity index (χ3n) is 4.12. The Morgan fingerprint density at radius 1 is 1.07 bits per heavy atom. The summed E-state index contributed by atoms with van der Waals surface area (Å²) in [6.07, 6.45) is -2.24. The van der Waals surface area contributed by atoms with E-state index in [-0.39, 0.29) is 22.4 Å². The number of pyridine rings is 1. The summed E-state index contributed by atoms with van der Waals surface area (Å²) in [5.41, 5.74) is 2.58. The molecule has 0 saturated heterocycles. The highest BCUT2D eigenvalue weighted by atomic mass is 35.5. The number of hydrogen-bond donors (Lipinski definition) is 1. The first-order chi connectivity index (χ1) is 13.3. The van der Waals surface area contributed by atoms with Crippen LogP contribution in [-0.4, -0.2) is 17.2 Å². The van der Waals surface area contributed by atoms with Crippen molar-refractivity contribution >= 4 is 23.3 Å². The predicted octanol–water partition coefficient (Wildman–Crippen LogP) is 5.28. The van der Waals surface area contributed by atoms with Crippen molar-refractivity contribution in [3.05, 3.63) is 70.9 Å². The first kappa shape index (κ1) is 18.2. The lowest BCUT2D eigenvalue weighted by molar-refractivity contribution is -0.286. The maximum Gasteiger partial charge on any atom is 0.586 e. The van der Waals surface area contributed by atoms with Crippen LogP contribution in [0.3, 0.4) is 0 Å². The zero-order valence-corrected chi connectivity index (χ0v) is 15.3. The van der Waals surface area contributed by atoms with Crippen molar-refractivity contribution in [3.63, 3.8) is 0 Å². The second-order valence-electron chi connectivity index (χ2n) is 6.20. The molecule has 1 aliphatic rings. The number of nitrogens with one attached hydrogen (secondary N) is 1. The van der Waals surface area contributed by atoms with Gasteiger partial charge in [0, 0.05) is 29.0 Å². The largest absolute Gasteiger partial charge is 0.586 e. The number of aryl methyl sites for hydroxylation is 1. The second kappa shape index (κ2) is 6.76. The lowest BCUT2D eigenvalue weighted by atomic mass is 10.1. The van der Waals surface area contributed by atoms with Gasteiger partial charge in [-0.1, -0.05) is 29.3 Å². The lowest BCUT2D eigenvalue weighted by Gasteiger charge is -2.08. The third-order valence-corrected chi connectivity index (χ3v) is 4.43. The van der Waals surface area contributed by atoms with Crippen LogP contribution in [-0.2, 0) is 0 Å². The maximum atomic E-state index is 13.2. The van der Waals surface area contributed by atoms with Crippen molar-refractivity contribution in [3.8, 4) is 22.6 Å². The number of nitrogens with zero attached hydrogens (tertiary/aromatic N) is 1. The quantitative estimate of drug-likeness (QED) is 0.647. The van der Waals surface area contributed by atoms with Gasteiger partial charge < -0.3 is 14.8 Å². The van der Waals surface area contributed by atoms with Crippen LogP contribution >= 0.6 is 11.6 Å². The van der Waals surface area contributed by atoms with Crippen LogP contribution in [0.2, 0.25) is 5.02 Å². The van der Waals surface area contributed by atoms with E-state index >= 15 is 0 Å². The molecule has 2 heterocycles. The van der Waals surface area contributed by atoms with Crippen molar-refractivity contribution in [2.24, 2.45) is 0 Å². The van der Waals surface area contributed by atoms with Crippen LogP contribution in [0, 0.1) is 6.92 Å². The lowest BCUT2D eigenvalue weighted by Crippen LogP contribution is -2.25. The van der Waals surface area contributed by atoms with Crippen LogP contribution in [0.4, 0.5) is 14.6 Å². The molecule has 1 N–H and O–H groups in total. The Labute approximate surface area is 163 Å². The van der Waals surface area contributed by atoms with Gasteiger partial charge in [-0.2, -0.15) is 0 Å². The fourth-order valence-corrected chi connectivity index (χ4v) is 2.98. The number of carbonyl (C=O) groups excluding carboxylic acids is 1. The van der Waals surface area contributed by atoms with E-state index in [4.69, 9.17) is 11.6 Å². The van der Waals surface area contributed by atoms with Crippen molar-refractivity contribution in [1.82, 2.24) is 4.98 Å². The van der Waals surface area contributed by atoms with Gasteiger partial charge in [0.05, 0.1) is 5.02 Å². The molecular weight excluding hydrogens is 390 g/mol. The van der Waals surface area contributed by atoms with Gasteiger partial charge >= 0.3 is 6.29 Å². The standard InChI is InChI=1S/C20H13ClF2N2O3/c1-11-2-4-12(5-3-11)19(26)25-18-7-6-13(10-24-18)14-8-16-17(9-15(14)21)28-20(22,23)27-16/h2-10H,1H3,(H,24,25,26). The highest BCUT2D eigenvalue weighted by Gasteiger charge is 2.43. The molecule has 1 aromatic heterocycles. The average Bonchev–Trinajstić information content (AvgIpc) is 2.95. The molecule has 2 aromatic carbocycles. The van der Waals surface area contributed by atoms with Crippen molar-refractivity contribution in [2.75, 3.05) is 5.32 Å². The highest BCUT2D eigenvalue weighted by Crippen LogP contribution is 2.45.